The molecule has 0 unspecified atom stereocenters. The standard InChI is InChI=1S/C32H20N4S/c1-2-9-21(10-3-1)32-34-20-31(37-32)36-28-15-7-5-13-24(28)26-17-29-25(18-30(26)36)23-12-4-6-14-27(23)35(29)22-11-8-16-33-19-22/h1-20H. The number of hydrogen-bond donors (Lipinski definition) is 0. The first-order valence-corrected chi connectivity index (χ1v) is 13.1. The lowest BCUT2D eigenvalue weighted by Crippen LogP contribution is -1.94. The molecule has 8 rings (SSSR count). The van der Waals surface area contributed by atoms with Crippen molar-refractivity contribution in [3.05, 3.63) is 122 Å². The molecule has 0 radical (unpaired) electrons. The maximum Gasteiger partial charge on any atom is 0.125 e. The summed E-state index contributed by atoms with van der Waals surface area (Å²) in [6.45, 7) is 0. The van der Waals surface area contributed by atoms with Crippen molar-refractivity contribution in [3.63, 3.8) is 0 Å². The van der Waals surface area contributed by atoms with Crippen LogP contribution < -0.4 is 0 Å². The first-order chi connectivity index (χ1) is 18.4. The fraction of sp³-hybridized carbons (Fsp3) is 0. The SMILES string of the molecule is c1ccc(-c2ncc(-n3c4ccccc4c4cc5c(cc43)c3ccccc3n5-c3cccnc3)s2)cc1. The average molecular weight is 493 g/mol. The normalized spacial score (nSPS) is 11.8. The van der Waals surface area contributed by atoms with Crippen molar-refractivity contribution >= 4 is 54.9 Å². The molecule has 0 aliphatic carbocycles. The Bertz CT molecular complexity index is 2080. The molecule has 0 aliphatic rings. The predicted octanol–water partition coefficient (Wildman–Crippen LogP) is 8.40. The van der Waals surface area contributed by atoms with Crippen LogP contribution in [-0.4, -0.2) is 19.1 Å². The molecule has 0 fully saturated rings. The molecule has 5 heteroatoms. The third-order valence-electron chi connectivity index (χ3n) is 7.10. The molecule has 0 N–H and O–H groups in total. The minimum Gasteiger partial charge on any atom is -0.308 e. The molecule has 4 aromatic carbocycles. The van der Waals surface area contributed by atoms with Crippen LogP contribution in [0, 0.1) is 0 Å². The molecule has 0 aliphatic heterocycles. The van der Waals surface area contributed by atoms with Crippen LogP contribution in [0.4, 0.5) is 0 Å². The monoisotopic (exact) mass is 492 g/mol. The molecule has 4 aromatic heterocycles. The second-order valence-electron chi connectivity index (χ2n) is 9.17. The molecule has 8 aromatic rings. The molecule has 0 saturated heterocycles. The summed E-state index contributed by atoms with van der Waals surface area (Å²) in [5.41, 5.74) is 6.93. The van der Waals surface area contributed by atoms with Crippen molar-refractivity contribution in [3.8, 4) is 21.3 Å². The van der Waals surface area contributed by atoms with E-state index < -0.39 is 0 Å². The molecular formula is C32H20N4S. The predicted molar refractivity (Wildman–Crippen MR) is 154 cm³/mol. The summed E-state index contributed by atoms with van der Waals surface area (Å²) in [7, 11) is 0. The van der Waals surface area contributed by atoms with Gasteiger partial charge in [0.25, 0.3) is 0 Å². The van der Waals surface area contributed by atoms with Gasteiger partial charge in [0.15, 0.2) is 0 Å². The zero-order valence-electron chi connectivity index (χ0n) is 19.7. The number of hydrogen-bond acceptors (Lipinski definition) is 3. The van der Waals surface area contributed by atoms with Crippen LogP contribution in [-0.2, 0) is 0 Å². The Labute approximate surface area is 216 Å². The first-order valence-electron chi connectivity index (χ1n) is 12.3. The van der Waals surface area contributed by atoms with E-state index in [1.807, 2.05) is 30.7 Å². The highest BCUT2D eigenvalue weighted by Gasteiger charge is 2.19. The Morgan fingerprint density at radius 3 is 1.89 bits per heavy atom. The summed E-state index contributed by atoms with van der Waals surface area (Å²) in [4.78, 5) is 9.21. The number of thiazole rings is 1. The first kappa shape index (κ1) is 20.5. The molecule has 0 atom stereocenters. The Kier molecular flexibility index (Phi) is 4.36. The smallest absolute Gasteiger partial charge is 0.125 e. The van der Waals surface area contributed by atoms with E-state index >= 15 is 0 Å². The van der Waals surface area contributed by atoms with E-state index in [2.05, 4.69) is 105 Å². The summed E-state index contributed by atoms with van der Waals surface area (Å²) in [6.07, 6.45) is 5.76. The van der Waals surface area contributed by atoms with Gasteiger partial charge in [-0.05, 0) is 36.4 Å². The van der Waals surface area contributed by atoms with Crippen LogP contribution in [0.5, 0.6) is 0 Å². The lowest BCUT2D eigenvalue weighted by atomic mass is 10.1. The number of rotatable bonds is 3. The van der Waals surface area contributed by atoms with Gasteiger partial charge in [0, 0.05) is 33.3 Å². The molecule has 4 heterocycles. The average Bonchev–Trinajstić information content (AvgIpc) is 3.65. The van der Waals surface area contributed by atoms with Crippen LogP contribution in [0.3, 0.4) is 0 Å². The van der Waals surface area contributed by atoms with Gasteiger partial charge < -0.3 is 4.57 Å². The van der Waals surface area contributed by atoms with E-state index in [1.165, 1.54) is 43.6 Å². The Balaban J connectivity index is 1.48. The van der Waals surface area contributed by atoms with E-state index in [0.717, 1.165) is 21.3 Å². The number of para-hydroxylation sites is 2. The summed E-state index contributed by atoms with van der Waals surface area (Å²) in [6, 6.07) is 36.5. The van der Waals surface area contributed by atoms with Gasteiger partial charge in [-0.3, -0.25) is 9.55 Å². The van der Waals surface area contributed by atoms with Gasteiger partial charge in [0.2, 0.25) is 0 Å². The molecule has 4 nitrogen and oxygen atoms in total. The van der Waals surface area contributed by atoms with Gasteiger partial charge in [-0.2, -0.15) is 0 Å². The lowest BCUT2D eigenvalue weighted by molar-refractivity contribution is 1.14. The van der Waals surface area contributed by atoms with Crippen molar-refractivity contribution in [1.82, 2.24) is 19.1 Å². The van der Waals surface area contributed by atoms with Crippen molar-refractivity contribution in [2.75, 3.05) is 0 Å². The van der Waals surface area contributed by atoms with Gasteiger partial charge in [-0.15, -0.1) is 0 Å². The van der Waals surface area contributed by atoms with Crippen molar-refractivity contribution in [1.29, 1.82) is 0 Å². The highest BCUT2D eigenvalue weighted by atomic mass is 32.1. The Morgan fingerprint density at radius 1 is 0.541 bits per heavy atom. The zero-order valence-corrected chi connectivity index (χ0v) is 20.6. The van der Waals surface area contributed by atoms with Crippen molar-refractivity contribution < 1.29 is 0 Å². The van der Waals surface area contributed by atoms with Gasteiger partial charge in [0.05, 0.1) is 40.1 Å². The molecule has 0 bridgehead atoms. The van der Waals surface area contributed by atoms with E-state index in [0.29, 0.717) is 0 Å². The Hall–Kier alpha value is -4.74. The second-order valence-corrected chi connectivity index (χ2v) is 10.2. The van der Waals surface area contributed by atoms with Gasteiger partial charge in [-0.1, -0.05) is 78.1 Å². The van der Waals surface area contributed by atoms with Gasteiger partial charge >= 0.3 is 0 Å². The molecule has 0 amide bonds. The number of benzene rings is 4. The van der Waals surface area contributed by atoms with Gasteiger partial charge in [0.1, 0.15) is 10.0 Å². The summed E-state index contributed by atoms with van der Waals surface area (Å²) in [5, 5.41) is 7.05. The quantitative estimate of drug-likeness (QED) is 0.248. The third kappa shape index (κ3) is 3.01. The number of pyridine rings is 1. The zero-order chi connectivity index (χ0) is 24.3. The topological polar surface area (TPSA) is 35.6 Å². The lowest BCUT2D eigenvalue weighted by Gasteiger charge is -2.07. The summed E-state index contributed by atoms with van der Waals surface area (Å²) >= 11 is 1.72. The highest BCUT2D eigenvalue weighted by molar-refractivity contribution is 7.17. The summed E-state index contributed by atoms with van der Waals surface area (Å²) in [5.74, 6) is 0. The van der Waals surface area contributed by atoms with Crippen LogP contribution >= 0.6 is 11.3 Å². The fourth-order valence-electron chi connectivity index (χ4n) is 5.52. The van der Waals surface area contributed by atoms with Crippen molar-refractivity contribution in [2.24, 2.45) is 0 Å². The molecule has 0 spiro atoms. The molecule has 174 valence electrons. The fourth-order valence-corrected chi connectivity index (χ4v) is 6.47. The molecule has 0 saturated carbocycles. The number of nitrogens with zero attached hydrogens (tertiary/aromatic N) is 4. The van der Waals surface area contributed by atoms with E-state index in [-0.39, 0.29) is 0 Å². The van der Waals surface area contributed by atoms with Crippen LogP contribution in [0.1, 0.15) is 0 Å². The Morgan fingerprint density at radius 2 is 1.19 bits per heavy atom. The van der Waals surface area contributed by atoms with Crippen LogP contribution in [0.25, 0.3) is 64.9 Å². The second kappa shape index (κ2) is 7.88. The molecule has 37 heavy (non-hydrogen) atoms. The van der Waals surface area contributed by atoms with E-state index in [1.54, 1.807) is 11.3 Å². The van der Waals surface area contributed by atoms with Crippen molar-refractivity contribution in [2.45, 2.75) is 0 Å². The van der Waals surface area contributed by atoms with Gasteiger partial charge in [-0.25, -0.2) is 4.98 Å². The third-order valence-corrected chi connectivity index (χ3v) is 8.14. The molecular weight excluding hydrogens is 472 g/mol. The largest absolute Gasteiger partial charge is 0.308 e. The van der Waals surface area contributed by atoms with E-state index in [4.69, 9.17) is 4.98 Å². The highest BCUT2D eigenvalue weighted by Crippen LogP contribution is 2.40. The summed E-state index contributed by atoms with van der Waals surface area (Å²) < 4.78 is 4.69. The van der Waals surface area contributed by atoms with E-state index in [9.17, 15) is 0 Å². The van der Waals surface area contributed by atoms with Crippen LogP contribution in [0.15, 0.2) is 122 Å². The van der Waals surface area contributed by atoms with Crippen LogP contribution in [0.2, 0.25) is 0 Å². The number of aromatic nitrogens is 4. The number of fused-ring (bicyclic) bond motifs is 6. The minimum absolute atomic E-state index is 1.02. The minimum atomic E-state index is 1.02. The maximum absolute atomic E-state index is 4.80. The maximum atomic E-state index is 4.80.